The fourth-order valence-corrected chi connectivity index (χ4v) is 11.2. The van der Waals surface area contributed by atoms with Crippen molar-refractivity contribution in [1.82, 2.24) is 0 Å². The van der Waals surface area contributed by atoms with E-state index in [0.717, 1.165) is 23.7 Å². The molecule has 0 nitrogen and oxygen atoms in total. The quantitative estimate of drug-likeness (QED) is 0.469. The van der Waals surface area contributed by atoms with E-state index in [4.69, 9.17) is 0 Å². The Hall–Kier alpha value is 0.560. The van der Waals surface area contributed by atoms with Crippen LogP contribution in [0.2, 0.25) is 5.31 Å². The van der Waals surface area contributed by atoms with Crippen molar-refractivity contribution >= 4 is 22.6 Å². The van der Waals surface area contributed by atoms with Gasteiger partial charge in [-0.25, -0.2) is 0 Å². The molecule has 0 aliphatic heterocycles. The van der Waals surface area contributed by atoms with E-state index in [9.17, 15) is 0 Å². The Morgan fingerprint density at radius 3 is 1.79 bits per heavy atom. The Balaban J connectivity index is 3.20. The third-order valence-corrected chi connectivity index (χ3v) is 16.4. The second kappa shape index (κ2) is 7.29. The molecule has 3 heteroatoms. The van der Waals surface area contributed by atoms with Crippen LogP contribution in [0.4, 0.5) is 0 Å². The van der Waals surface area contributed by atoms with Crippen LogP contribution in [0.25, 0.3) is 0 Å². The molecule has 24 heavy (non-hydrogen) atoms. The fraction of sp³-hybridized carbons (Fsp3) is 1.00. The van der Waals surface area contributed by atoms with Gasteiger partial charge in [0.1, 0.15) is 0 Å². The zero-order valence-electron chi connectivity index (χ0n) is 19.1. The van der Waals surface area contributed by atoms with Crippen molar-refractivity contribution in [1.29, 1.82) is 0 Å². The van der Waals surface area contributed by atoms with Crippen LogP contribution >= 0.6 is 7.14 Å². The van der Waals surface area contributed by atoms with Crippen LogP contribution in [-0.4, -0.2) is 31.9 Å². The molecule has 0 aromatic heterocycles. The van der Waals surface area contributed by atoms with Crippen molar-refractivity contribution in [2.24, 2.45) is 23.7 Å². The molecule has 0 heterocycles. The van der Waals surface area contributed by atoms with E-state index in [0.29, 0.717) is 15.6 Å². The zero-order valence-corrected chi connectivity index (χ0v) is 20.1. The van der Waals surface area contributed by atoms with Gasteiger partial charge >= 0.3 is 157 Å². The SMILES string of the molecule is BC(C)(C[PH](B)(C(C)(C)C)C(C)(C)C)[C@@H]1C[C@H](C)CC[C@H]1C(C)C. The topological polar surface area (TPSA) is 0 Å². The predicted molar refractivity (Wildman–Crippen MR) is 123 cm³/mol. The van der Waals surface area contributed by atoms with Crippen molar-refractivity contribution in [3.63, 3.8) is 0 Å². The molecule has 0 spiro atoms. The van der Waals surface area contributed by atoms with Crippen LogP contribution in [0.3, 0.4) is 0 Å². The summed E-state index contributed by atoms with van der Waals surface area (Å²) in [7, 11) is 3.86. The molecule has 0 N–H and O–H groups in total. The Morgan fingerprint density at radius 2 is 1.42 bits per heavy atom. The van der Waals surface area contributed by atoms with E-state index < -0.39 is 7.14 Å². The number of hydrogen-bond donors (Lipinski definition) is 0. The third kappa shape index (κ3) is 4.64. The Kier molecular flexibility index (Phi) is 6.86. The second-order valence-corrected chi connectivity index (χ2v) is 18.4. The van der Waals surface area contributed by atoms with Crippen molar-refractivity contribution in [3.8, 4) is 0 Å². The van der Waals surface area contributed by atoms with Crippen molar-refractivity contribution in [3.05, 3.63) is 0 Å². The number of rotatable bonds is 4. The van der Waals surface area contributed by atoms with Crippen LogP contribution in [0, 0.1) is 23.7 Å². The normalized spacial score (nSPS) is 30.2. The van der Waals surface area contributed by atoms with Gasteiger partial charge in [0.05, 0.1) is 0 Å². The summed E-state index contributed by atoms with van der Waals surface area (Å²) in [5, 5.41) is 1.37. The molecule has 1 fully saturated rings. The molecule has 1 unspecified atom stereocenters. The van der Waals surface area contributed by atoms with Gasteiger partial charge in [0.15, 0.2) is 0 Å². The van der Waals surface area contributed by atoms with Gasteiger partial charge in [-0.2, -0.15) is 0 Å². The van der Waals surface area contributed by atoms with Crippen molar-refractivity contribution in [2.75, 3.05) is 6.16 Å². The first-order chi connectivity index (χ1) is 10.5. The first kappa shape index (κ1) is 22.6. The summed E-state index contributed by atoms with van der Waals surface area (Å²) in [6, 6.07) is 0. The van der Waals surface area contributed by atoms with Crippen LogP contribution < -0.4 is 0 Å². The fourth-order valence-electron chi connectivity index (χ4n) is 5.80. The summed E-state index contributed by atoms with van der Waals surface area (Å²) in [6.07, 6.45) is 5.82. The second-order valence-electron chi connectivity index (χ2n) is 12.4. The van der Waals surface area contributed by atoms with Gasteiger partial charge in [-0.05, 0) is 0 Å². The maximum atomic E-state index is 2.70. The molecule has 1 aliphatic rings. The van der Waals surface area contributed by atoms with Gasteiger partial charge in [-0.1, -0.05) is 0 Å². The van der Waals surface area contributed by atoms with E-state index in [1.165, 1.54) is 25.4 Å². The number of hydrogen-bond acceptors (Lipinski definition) is 0. The van der Waals surface area contributed by atoms with Gasteiger partial charge in [-0.3, -0.25) is 0 Å². The van der Waals surface area contributed by atoms with E-state index >= 15 is 0 Å². The predicted octanol–water partition coefficient (Wildman–Crippen LogP) is 5.40. The molecule has 142 valence electrons. The molecule has 0 aromatic rings. The Labute approximate surface area is 156 Å². The summed E-state index contributed by atoms with van der Waals surface area (Å²) in [4.78, 5) is 0. The molecule has 1 saturated carbocycles. The monoisotopic (exact) mass is 352 g/mol. The molecule has 0 aromatic carbocycles. The Bertz CT molecular complexity index is 401. The van der Waals surface area contributed by atoms with E-state index in [1.54, 1.807) is 0 Å². The maximum absolute atomic E-state index is 2.70. The summed E-state index contributed by atoms with van der Waals surface area (Å²) in [5.41, 5.74) is 0. The van der Waals surface area contributed by atoms with Gasteiger partial charge in [0.25, 0.3) is 0 Å². The van der Waals surface area contributed by atoms with E-state index in [-0.39, 0.29) is 0 Å². The minimum atomic E-state index is -1.46. The van der Waals surface area contributed by atoms with Crippen LogP contribution in [-0.2, 0) is 0 Å². The molecule has 1 aliphatic carbocycles. The summed E-state index contributed by atoms with van der Waals surface area (Å²) in [5.74, 6) is 3.58. The molecular weight excluding hydrogens is 305 g/mol. The summed E-state index contributed by atoms with van der Waals surface area (Å²) < 4.78 is 0. The average Bonchev–Trinajstić information content (AvgIpc) is 2.34. The summed E-state index contributed by atoms with van der Waals surface area (Å²) in [6.45, 7) is 25.1. The van der Waals surface area contributed by atoms with E-state index in [2.05, 4.69) is 84.6 Å². The van der Waals surface area contributed by atoms with Gasteiger partial charge in [0.2, 0.25) is 0 Å². The van der Waals surface area contributed by atoms with Crippen molar-refractivity contribution < 1.29 is 0 Å². The first-order valence-electron chi connectivity index (χ1n) is 10.5. The van der Waals surface area contributed by atoms with Crippen LogP contribution in [0.1, 0.15) is 88.5 Å². The molecule has 0 bridgehead atoms. The average molecular weight is 352 g/mol. The summed E-state index contributed by atoms with van der Waals surface area (Å²) >= 11 is 0. The molecule has 1 rings (SSSR count). The van der Waals surface area contributed by atoms with Gasteiger partial charge < -0.3 is 0 Å². The third-order valence-electron chi connectivity index (χ3n) is 8.15. The molecule has 0 amide bonds. The minimum absolute atomic E-state index is 0.454. The van der Waals surface area contributed by atoms with Crippen LogP contribution in [0.15, 0.2) is 0 Å². The van der Waals surface area contributed by atoms with Crippen LogP contribution in [0.5, 0.6) is 0 Å². The zero-order chi connectivity index (χ0) is 19.1. The Morgan fingerprint density at radius 1 is 0.958 bits per heavy atom. The van der Waals surface area contributed by atoms with Crippen molar-refractivity contribution in [2.45, 2.75) is 104 Å². The van der Waals surface area contributed by atoms with Gasteiger partial charge in [0, 0.05) is 0 Å². The standard InChI is InChI=1S/C21H47B2P/c1-15(2)17-12-11-16(3)13-18(17)21(10,22)14-24(23,19(4,5)6)20(7,8)9/h15-18,24H,11-14,22-23H2,1-10H3/t16-,17+,18-,21?/m1/s1. The molecule has 0 saturated heterocycles. The molecule has 4 atom stereocenters. The van der Waals surface area contributed by atoms with Gasteiger partial charge in [-0.15, -0.1) is 0 Å². The molecular formula is C21H47B2P. The first-order valence-corrected chi connectivity index (χ1v) is 13.2. The van der Waals surface area contributed by atoms with E-state index in [1.807, 2.05) is 0 Å². The molecule has 0 radical (unpaired) electrons.